The number of carbonyl (C=O) groups excluding carboxylic acids is 5. The van der Waals surface area contributed by atoms with Gasteiger partial charge in [-0.3, -0.25) is 29.0 Å². The van der Waals surface area contributed by atoms with Gasteiger partial charge in [0, 0.05) is 56.3 Å². The molecular weight excluding hydrogens is 842 g/mol. The van der Waals surface area contributed by atoms with E-state index >= 15 is 0 Å². The molecule has 4 heterocycles. The Morgan fingerprint density at radius 3 is 1.66 bits per heavy atom. The summed E-state index contributed by atoms with van der Waals surface area (Å²) in [4.78, 5) is 82.6. The van der Waals surface area contributed by atoms with Crippen LogP contribution in [-0.2, 0) is 42.2 Å². The summed E-state index contributed by atoms with van der Waals surface area (Å²) in [6.07, 6.45) is 3.21. The van der Waals surface area contributed by atoms with Crippen molar-refractivity contribution >= 4 is 58.5 Å². The average Bonchev–Trinajstić information content (AvgIpc) is 3.96. The highest BCUT2D eigenvalue weighted by Gasteiger charge is 2.44. The van der Waals surface area contributed by atoms with Crippen LogP contribution in [-0.4, -0.2) is 109 Å². The minimum absolute atomic E-state index is 0.0143. The van der Waals surface area contributed by atoms with E-state index in [1.807, 2.05) is 78.3 Å². The van der Waals surface area contributed by atoms with E-state index < -0.39 is 65.3 Å². The van der Waals surface area contributed by atoms with Crippen molar-refractivity contribution in [3.63, 3.8) is 0 Å². The van der Waals surface area contributed by atoms with E-state index in [0.29, 0.717) is 31.0 Å². The number of pyridine rings is 1. The number of nitrogens with zero attached hydrogens (tertiary/aromatic N) is 4. The zero-order valence-corrected chi connectivity index (χ0v) is 38.6. The molecule has 2 aliphatic rings. The minimum Gasteiger partial charge on any atom is -0.480 e. The van der Waals surface area contributed by atoms with Gasteiger partial charge in [0.2, 0.25) is 17.7 Å². The third-order valence-electron chi connectivity index (χ3n) is 10.8. The summed E-state index contributed by atoms with van der Waals surface area (Å²) in [5.41, 5.74) is 2.24. The lowest BCUT2D eigenvalue weighted by molar-refractivity contribution is -0.141. The molecule has 0 spiro atoms. The number of hydrogen-bond donors (Lipinski definition) is 4. The molecule has 0 bridgehead atoms. The van der Waals surface area contributed by atoms with E-state index in [0.717, 1.165) is 27.7 Å². The highest BCUT2D eigenvalue weighted by Crippen LogP contribution is 2.34. The third kappa shape index (κ3) is 13.0. The topological polar surface area (TPSA) is 201 Å². The van der Waals surface area contributed by atoms with Crippen molar-refractivity contribution in [3.8, 4) is 0 Å². The van der Waals surface area contributed by atoms with Gasteiger partial charge >= 0.3 is 18.2 Å². The fraction of sp³-hybridized carbons (Fsp3) is 0.468. The molecule has 2 fully saturated rings. The van der Waals surface area contributed by atoms with Crippen molar-refractivity contribution < 1.29 is 43.3 Å². The second-order valence-electron chi connectivity index (χ2n) is 18.3. The highest BCUT2D eigenvalue weighted by molar-refractivity contribution is 6.35. The molecule has 6 rings (SSSR count). The second kappa shape index (κ2) is 20.6. The molecule has 4 N–H and O–H groups in total. The van der Waals surface area contributed by atoms with Crippen LogP contribution in [0.1, 0.15) is 96.8 Å². The van der Waals surface area contributed by atoms with E-state index in [1.165, 1.54) is 16.7 Å². The maximum atomic E-state index is 13.3. The van der Waals surface area contributed by atoms with Crippen molar-refractivity contribution in [2.45, 2.75) is 122 Å². The summed E-state index contributed by atoms with van der Waals surface area (Å²) in [7, 11) is 1.86. The van der Waals surface area contributed by atoms with E-state index in [1.54, 1.807) is 60.9 Å². The van der Waals surface area contributed by atoms with Crippen molar-refractivity contribution in [1.82, 2.24) is 35.3 Å². The number of ether oxygens (including phenoxy) is 2. The normalized spacial score (nSPS) is 19.5. The number of carbonyl (C=O) groups is 6. The van der Waals surface area contributed by atoms with Crippen LogP contribution in [0.2, 0.25) is 5.02 Å². The van der Waals surface area contributed by atoms with Gasteiger partial charge in [0.05, 0.1) is 5.02 Å². The van der Waals surface area contributed by atoms with Crippen molar-refractivity contribution in [2.75, 3.05) is 13.1 Å². The molecule has 0 unspecified atom stereocenters. The first kappa shape index (κ1) is 48.9. The van der Waals surface area contributed by atoms with Gasteiger partial charge < -0.3 is 35.1 Å². The molecule has 16 nitrogen and oxygen atoms in total. The number of benzene rings is 2. The van der Waals surface area contributed by atoms with Gasteiger partial charge in [-0.1, -0.05) is 72.3 Å². The molecule has 2 saturated heterocycles. The molecule has 4 aromatic rings. The lowest BCUT2D eigenvalue weighted by Crippen LogP contribution is -2.52. The molecule has 2 aromatic carbocycles. The van der Waals surface area contributed by atoms with Crippen LogP contribution in [0.4, 0.5) is 9.59 Å². The number of nitrogens with one attached hydrogen (secondary N) is 3. The first-order valence-electron chi connectivity index (χ1n) is 21.3. The van der Waals surface area contributed by atoms with Crippen LogP contribution in [0, 0.1) is 0 Å². The predicted molar refractivity (Wildman–Crippen MR) is 241 cm³/mol. The van der Waals surface area contributed by atoms with Gasteiger partial charge in [-0.15, -0.1) is 0 Å². The molecule has 5 amide bonds. The predicted octanol–water partition coefficient (Wildman–Crippen LogP) is 6.51. The lowest BCUT2D eigenvalue weighted by atomic mass is 9.96. The number of halogens is 1. The Labute approximate surface area is 379 Å². The molecule has 2 aliphatic heterocycles. The fourth-order valence-electron chi connectivity index (χ4n) is 7.59. The number of aromatic nitrogens is 2. The Morgan fingerprint density at radius 1 is 0.766 bits per heavy atom. The van der Waals surface area contributed by atoms with Crippen LogP contribution in [0.25, 0.3) is 11.0 Å². The third-order valence-corrected chi connectivity index (χ3v) is 11.1. The Morgan fingerprint density at radius 2 is 1.22 bits per heavy atom. The molecule has 344 valence electrons. The molecule has 17 heteroatoms. The van der Waals surface area contributed by atoms with Crippen LogP contribution in [0.3, 0.4) is 0 Å². The zero-order chi connectivity index (χ0) is 47.1. The Hall–Kier alpha value is -6.16. The number of fused-ring (bicyclic) bond motifs is 1. The summed E-state index contributed by atoms with van der Waals surface area (Å²) in [5.74, 6) is -2.38. The number of amides is 5. The number of aliphatic carboxylic acids is 1. The first-order valence-corrected chi connectivity index (χ1v) is 21.7. The standard InChI is InChI=1S/C28H34ClN5O4.C19H26N2O5/c1-17(25(35)31-14-18-11-21-22(29)16-33(5)24(21)30-13-18)32-26(36)23-12-20(19-9-7-6-8-10-19)15-34(23)27(37)38-28(2,3)4;1-12(17(23)24)20-16(22)15-10-14(13-8-6-5-7-9-13)11-21(15)18(25)26-19(2,3)4/h6-11,13,16-17,20,23H,12,14-15H2,1-5H3,(H,31,35)(H,32,36);5-9,12,14-15H,10-11H2,1-4H3,(H,20,22)(H,23,24)/t17-,20-,23+;12-,14-,15+/m00/s1. The summed E-state index contributed by atoms with van der Waals surface area (Å²) in [5, 5.41) is 18.5. The quantitative estimate of drug-likeness (QED) is 0.136. The zero-order valence-electron chi connectivity index (χ0n) is 37.9. The molecule has 0 saturated carbocycles. The molecule has 0 aliphatic carbocycles. The number of hydrogen-bond acceptors (Lipinski definition) is 9. The van der Waals surface area contributed by atoms with Gasteiger partial charge in [-0.2, -0.15) is 0 Å². The molecule has 2 aromatic heterocycles. The average molecular weight is 902 g/mol. The van der Waals surface area contributed by atoms with E-state index in [2.05, 4.69) is 20.9 Å². The maximum absolute atomic E-state index is 13.3. The fourth-order valence-corrected chi connectivity index (χ4v) is 7.88. The number of aryl methyl sites for hydroxylation is 1. The largest absolute Gasteiger partial charge is 0.480 e. The van der Waals surface area contributed by atoms with Crippen molar-refractivity contribution in [3.05, 3.63) is 101 Å². The molecule has 6 atom stereocenters. The summed E-state index contributed by atoms with van der Waals surface area (Å²) >= 11 is 6.27. The number of carboxylic acids is 1. The van der Waals surface area contributed by atoms with E-state index in [9.17, 15) is 28.8 Å². The monoisotopic (exact) mass is 901 g/mol. The molecular formula is C47H60ClN7O9. The summed E-state index contributed by atoms with van der Waals surface area (Å²) < 4.78 is 12.8. The van der Waals surface area contributed by atoms with Crippen LogP contribution < -0.4 is 16.0 Å². The number of likely N-dealkylation sites (tertiary alicyclic amines) is 2. The molecule has 0 radical (unpaired) electrons. The first-order chi connectivity index (χ1) is 30.0. The Kier molecular flexibility index (Phi) is 15.7. The molecule has 64 heavy (non-hydrogen) atoms. The number of carboxylic acid groups (broad SMARTS) is 1. The summed E-state index contributed by atoms with van der Waals surface area (Å²) in [6, 6.07) is 17.9. The van der Waals surface area contributed by atoms with Gasteiger partial charge in [-0.25, -0.2) is 14.6 Å². The lowest BCUT2D eigenvalue weighted by Gasteiger charge is -2.28. The van der Waals surface area contributed by atoms with Crippen LogP contribution >= 0.6 is 11.6 Å². The van der Waals surface area contributed by atoms with Gasteiger partial charge in [0.25, 0.3) is 0 Å². The Bertz CT molecular complexity index is 2310. The van der Waals surface area contributed by atoms with E-state index in [4.69, 9.17) is 26.2 Å². The van der Waals surface area contributed by atoms with Gasteiger partial charge in [-0.05, 0) is 91.0 Å². The second-order valence-corrected chi connectivity index (χ2v) is 18.7. The van der Waals surface area contributed by atoms with Gasteiger partial charge in [0.15, 0.2) is 0 Å². The number of rotatable bonds is 10. The van der Waals surface area contributed by atoms with Gasteiger partial charge in [0.1, 0.15) is 41.0 Å². The van der Waals surface area contributed by atoms with Crippen LogP contribution in [0.5, 0.6) is 0 Å². The van der Waals surface area contributed by atoms with E-state index in [-0.39, 0.29) is 24.3 Å². The SMILES string of the molecule is C[C@H](NC(=O)[C@H]1C[C@H](c2ccccc2)CN1C(=O)OC(C)(C)C)C(=O)NCc1cnc2c(c1)c(Cl)cn2C.C[C@H](NC(=O)[C@H]1C[C@H](c2ccccc2)CN1C(=O)OC(C)(C)C)C(=O)O. The van der Waals surface area contributed by atoms with Crippen molar-refractivity contribution in [2.24, 2.45) is 7.05 Å². The van der Waals surface area contributed by atoms with Crippen molar-refractivity contribution in [1.29, 1.82) is 0 Å². The highest BCUT2D eigenvalue weighted by atomic mass is 35.5. The van der Waals surface area contributed by atoms with Crippen LogP contribution in [0.15, 0.2) is 79.1 Å². The minimum atomic E-state index is -1.13. The Balaban J connectivity index is 0.000000259. The summed E-state index contributed by atoms with van der Waals surface area (Å²) in [6.45, 7) is 14.6. The maximum Gasteiger partial charge on any atom is 0.410 e. The smallest absolute Gasteiger partial charge is 0.410 e.